The zero-order valence-corrected chi connectivity index (χ0v) is 18.3. The molecule has 0 aromatic heterocycles. The van der Waals surface area contributed by atoms with E-state index in [0.29, 0.717) is 24.3 Å². The Kier molecular flexibility index (Phi) is 6.33. The van der Waals surface area contributed by atoms with E-state index in [1.54, 1.807) is 6.92 Å². The molecule has 1 aliphatic rings. The largest absolute Gasteiger partial charge is 0.416 e. The highest BCUT2D eigenvalue weighted by Gasteiger charge is 2.32. The summed E-state index contributed by atoms with van der Waals surface area (Å²) < 4.78 is 65.7. The number of rotatable bonds is 5. The predicted molar refractivity (Wildman–Crippen MR) is 113 cm³/mol. The first kappa shape index (κ1) is 23.1. The molecule has 1 aliphatic heterocycles. The van der Waals surface area contributed by atoms with Crippen molar-refractivity contribution in [1.29, 1.82) is 0 Å². The van der Waals surface area contributed by atoms with E-state index >= 15 is 0 Å². The average Bonchev–Trinajstić information content (AvgIpc) is 3.21. The summed E-state index contributed by atoms with van der Waals surface area (Å²) in [4.78, 5) is 14.8. The topological polar surface area (TPSA) is 69.7 Å². The second-order valence-corrected chi connectivity index (χ2v) is 9.79. The highest BCUT2D eigenvalue weighted by molar-refractivity contribution is 7.89. The van der Waals surface area contributed by atoms with Crippen LogP contribution in [-0.4, -0.2) is 45.8 Å². The van der Waals surface area contributed by atoms with E-state index in [1.807, 2.05) is 4.90 Å². The van der Waals surface area contributed by atoms with E-state index in [1.165, 1.54) is 38.4 Å². The summed E-state index contributed by atoms with van der Waals surface area (Å²) >= 11 is 0. The molecule has 6 nitrogen and oxygen atoms in total. The van der Waals surface area contributed by atoms with Crippen LogP contribution in [-0.2, 0) is 16.2 Å². The maximum Gasteiger partial charge on any atom is 0.416 e. The number of benzene rings is 2. The first-order chi connectivity index (χ1) is 14.4. The second-order valence-electron chi connectivity index (χ2n) is 7.64. The molecule has 1 fully saturated rings. The van der Waals surface area contributed by atoms with Gasteiger partial charge < -0.3 is 10.2 Å². The summed E-state index contributed by atoms with van der Waals surface area (Å²) in [5.74, 6) is -0.673. The van der Waals surface area contributed by atoms with Gasteiger partial charge in [0.25, 0.3) is 5.91 Å². The number of sulfonamides is 1. The SMILES string of the molecule is Cc1ccc(S(=O)(=O)N(C)C)cc1C(=O)Nc1cc(C(F)(F)F)ccc1N1CCCC1. The van der Waals surface area contributed by atoms with Crippen molar-refractivity contribution in [1.82, 2.24) is 4.31 Å². The van der Waals surface area contributed by atoms with E-state index < -0.39 is 27.7 Å². The fraction of sp³-hybridized carbons (Fsp3) is 0.381. The number of amides is 1. The van der Waals surface area contributed by atoms with Crippen LogP contribution in [0.1, 0.15) is 34.3 Å². The molecular weight excluding hydrogens is 431 g/mol. The Morgan fingerprint density at radius 3 is 2.29 bits per heavy atom. The van der Waals surface area contributed by atoms with Crippen LogP contribution in [0.2, 0.25) is 0 Å². The van der Waals surface area contributed by atoms with Crippen LogP contribution < -0.4 is 10.2 Å². The fourth-order valence-corrected chi connectivity index (χ4v) is 4.38. The highest BCUT2D eigenvalue weighted by atomic mass is 32.2. The lowest BCUT2D eigenvalue weighted by molar-refractivity contribution is -0.137. The molecule has 3 rings (SSSR count). The molecule has 0 atom stereocenters. The molecule has 10 heteroatoms. The first-order valence-corrected chi connectivity index (χ1v) is 11.2. The van der Waals surface area contributed by atoms with E-state index in [0.717, 1.165) is 29.3 Å². The minimum absolute atomic E-state index is 0.0435. The molecule has 0 radical (unpaired) electrons. The summed E-state index contributed by atoms with van der Waals surface area (Å²) in [6.45, 7) is 3.00. The first-order valence-electron chi connectivity index (χ1n) is 9.72. The summed E-state index contributed by atoms with van der Waals surface area (Å²) in [6.07, 6.45) is -2.73. The Hall–Kier alpha value is -2.59. The molecule has 0 spiro atoms. The van der Waals surface area contributed by atoms with Crippen molar-refractivity contribution in [3.05, 3.63) is 53.1 Å². The third-order valence-corrected chi connectivity index (χ3v) is 7.06. The summed E-state index contributed by atoms with van der Waals surface area (Å²) in [7, 11) is -1.02. The smallest absolute Gasteiger partial charge is 0.370 e. The monoisotopic (exact) mass is 455 g/mol. The number of aryl methyl sites for hydroxylation is 1. The van der Waals surface area contributed by atoms with Crippen LogP contribution in [0, 0.1) is 6.92 Å². The van der Waals surface area contributed by atoms with E-state index in [4.69, 9.17) is 0 Å². The molecule has 2 aromatic rings. The Balaban J connectivity index is 2.01. The lowest BCUT2D eigenvalue weighted by Gasteiger charge is -2.23. The highest BCUT2D eigenvalue weighted by Crippen LogP contribution is 2.37. The number of hydrogen-bond acceptors (Lipinski definition) is 4. The number of carbonyl (C=O) groups is 1. The molecule has 1 amide bonds. The van der Waals surface area contributed by atoms with Crippen molar-refractivity contribution in [3.8, 4) is 0 Å². The van der Waals surface area contributed by atoms with Crippen molar-refractivity contribution in [3.63, 3.8) is 0 Å². The van der Waals surface area contributed by atoms with E-state index in [9.17, 15) is 26.4 Å². The van der Waals surface area contributed by atoms with Gasteiger partial charge in [0.1, 0.15) is 0 Å². The summed E-state index contributed by atoms with van der Waals surface area (Å²) in [5, 5.41) is 2.58. The van der Waals surface area contributed by atoms with Crippen molar-refractivity contribution in [2.24, 2.45) is 0 Å². The molecule has 0 bridgehead atoms. The molecule has 1 N–H and O–H groups in total. The normalized spacial score (nSPS) is 14.9. The van der Waals surface area contributed by atoms with Gasteiger partial charge in [0.2, 0.25) is 10.0 Å². The predicted octanol–water partition coefficient (Wildman–Crippen LogP) is 4.12. The van der Waals surface area contributed by atoms with Gasteiger partial charge in [0.05, 0.1) is 21.8 Å². The van der Waals surface area contributed by atoms with Crippen molar-refractivity contribution >= 4 is 27.3 Å². The standard InChI is InChI=1S/C21H24F3N3O3S/c1-14-6-8-16(31(29,30)26(2)3)13-17(14)20(28)25-18-12-15(21(22,23)24)7-9-19(18)27-10-4-5-11-27/h6-9,12-13H,4-5,10-11H2,1-3H3,(H,25,28). The molecule has 1 heterocycles. The minimum Gasteiger partial charge on any atom is -0.370 e. The van der Waals surface area contributed by atoms with Gasteiger partial charge in [0, 0.05) is 32.7 Å². The van der Waals surface area contributed by atoms with Gasteiger partial charge in [-0.25, -0.2) is 12.7 Å². The molecule has 2 aromatic carbocycles. The van der Waals surface area contributed by atoms with Crippen LogP contribution in [0.4, 0.5) is 24.5 Å². The van der Waals surface area contributed by atoms with Crippen LogP contribution in [0.3, 0.4) is 0 Å². The maximum absolute atomic E-state index is 13.3. The Morgan fingerprint density at radius 2 is 1.71 bits per heavy atom. The van der Waals surface area contributed by atoms with Crippen LogP contribution >= 0.6 is 0 Å². The van der Waals surface area contributed by atoms with Crippen LogP contribution in [0.5, 0.6) is 0 Å². The van der Waals surface area contributed by atoms with Crippen molar-refractivity contribution in [2.45, 2.75) is 30.8 Å². The van der Waals surface area contributed by atoms with Crippen molar-refractivity contribution in [2.75, 3.05) is 37.4 Å². The number of alkyl halides is 3. The van der Waals surface area contributed by atoms with E-state index in [-0.39, 0.29) is 16.1 Å². The molecule has 0 saturated carbocycles. The van der Waals surface area contributed by atoms with Gasteiger partial charge in [-0.1, -0.05) is 6.07 Å². The lowest BCUT2D eigenvalue weighted by Crippen LogP contribution is -2.24. The number of nitrogens with one attached hydrogen (secondary N) is 1. The molecule has 31 heavy (non-hydrogen) atoms. The van der Waals surface area contributed by atoms with Gasteiger partial charge in [-0.3, -0.25) is 4.79 Å². The molecule has 0 aliphatic carbocycles. The van der Waals surface area contributed by atoms with Gasteiger partial charge in [-0.05, 0) is 55.7 Å². The Labute approximate surface area is 179 Å². The number of anilines is 2. The van der Waals surface area contributed by atoms with Gasteiger partial charge >= 0.3 is 6.18 Å². The lowest BCUT2D eigenvalue weighted by atomic mass is 10.1. The van der Waals surface area contributed by atoms with Gasteiger partial charge in [-0.2, -0.15) is 13.2 Å². The van der Waals surface area contributed by atoms with Gasteiger partial charge in [0.15, 0.2) is 0 Å². The summed E-state index contributed by atoms with van der Waals surface area (Å²) in [5.41, 5.74) is 0.264. The molecule has 0 unspecified atom stereocenters. The Morgan fingerprint density at radius 1 is 1.06 bits per heavy atom. The van der Waals surface area contributed by atoms with Crippen molar-refractivity contribution < 1.29 is 26.4 Å². The van der Waals surface area contributed by atoms with E-state index in [2.05, 4.69) is 5.32 Å². The molecule has 168 valence electrons. The maximum atomic E-state index is 13.3. The second kappa shape index (κ2) is 8.51. The average molecular weight is 456 g/mol. The zero-order chi connectivity index (χ0) is 23.0. The number of hydrogen-bond donors (Lipinski definition) is 1. The van der Waals surface area contributed by atoms with Crippen LogP contribution in [0.25, 0.3) is 0 Å². The number of nitrogens with zero attached hydrogens (tertiary/aromatic N) is 2. The quantitative estimate of drug-likeness (QED) is 0.737. The zero-order valence-electron chi connectivity index (χ0n) is 17.5. The third kappa shape index (κ3) is 4.85. The molecule has 1 saturated heterocycles. The van der Waals surface area contributed by atoms with Gasteiger partial charge in [-0.15, -0.1) is 0 Å². The van der Waals surface area contributed by atoms with Crippen LogP contribution in [0.15, 0.2) is 41.3 Å². The minimum atomic E-state index is -4.56. The number of carbonyl (C=O) groups excluding carboxylic acids is 1. The number of halogens is 3. The fourth-order valence-electron chi connectivity index (χ4n) is 3.45. The summed E-state index contributed by atoms with van der Waals surface area (Å²) in [6, 6.07) is 7.41. The Bertz CT molecular complexity index is 1090. The third-order valence-electron chi connectivity index (χ3n) is 5.25. The molecular formula is C21H24F3N3O3S.